The van der Waals surface area contributed by atoms with Gasteiger partial charge < -0.3 is 15.1 Å². The predicted octanol–water partition coefficient (Wildman–Crippen LogP) is 0.718. The number of hydrogen-bond acceptors (Lipinski definition) is 2. The topological polar surface area (TPSA) is 69.6 Å². The summed E-state index contributed by atoms with van der Waals surface area (Å²) < 4.78 is 10.5. The number of hydrogen-bond donors (Lipinski definition) is 3. The van der Waals surface area contributed by atoms with Gasteiger partial charge in [-0.3, -0.25) is 4.57 Å². The van der Waals surface area contributed by atoms with Gasteiger partial charge in [-0.1, -0.05) is 11.6 Å². The lowest BCUT2D eigenvalue weighted by molar-refractivity contribution is 0.376. The predicted molar refractivity (Wildman–Crippen MR) is 49.2 cm³/mol. The van der Waals surface area contributed by atoms with Gasteiger partial charge in [0.15, 0.2) is 0 Å². The van der Waals surface area contributed by atoms with Gasteiger partial charge in [0.05, 0.1) is 6.16 Å². The zero-order valence-electron chi connectivity index (χ0n) is 7.61. The minimum absolute atomic E-state index is 0.150. The zero-order chi connectivity index (χ0) is 9.78. The molecule has 4 nitrogen and oxygen atoms in total. The second kappa shape index (κ2) is 4.77. The molecule has 0 amide bonds. The Balaban J connectivity index is 4.12. The second-order valence-electron chi connectivity index (χ2n) is 2.91. The third-order valence-electron chi connectivity index (χ3n) is 1.45. The van der Waals surface area contributed by atoms with Crippen LogP contribution in [0.5, 0.6) is 0 Å². The molecular weight excluding hydrogens is 177 g/mol. The van der Waals surface area contributed by atoms with Crippen molar-refractivity contribution < 1.29 is 14.4 Å². The maximum absolute atomic E-state index is 10.5. The lowest BCUT2D eigenvalue weighted by Gasteiger charge is -2.07. The van der Waals surface area contributed by atoms with Crippen molar-refractivity contribution in [3.63, 3.8) is 0 Å². The molecule has 3 N–H and O–H groups in total. The molecule has 1 unspecified atom stereocenters. The monoisotopic (exact) mass is 193 g/mol. The van der Waals surface area contributed by atoms with E-state index in [0.717, 1.165) is 0 Å². The molecule has 72 valence electrons. The van der Waals surface area contributed by atoms with Crippen molar-refractivity contribution in [3.05, 3.63) is 11.6 Å². The lowest BCUT2D eigenvalue weighted by atomic mass is 10.2. The van der Waals surface area contributed by atoms with Gasteiger partial charge in [0.2, 0.25) is 0 Å². The van der Waals surface area contributed by atoms with E-state index in [1.54, 1.807) is 20.0 Å². The molecule has 0 heterocycles. The molecule has 12 heavy (non-hydrogen) atoms. The minimum Gasteiger partial charge on any atom is -0.324 e. The molecule has 0 saturated heterocycles. The van der Waals surface area contributed by atoms with Crippen LogP contribution in [-0.4, -0.2) is 29.0 Å². The first-order chi connectivity index (χ1) is 5.35. The maximum atomic E-state index is 10.5. The Bertz CT molecular complexity index is 209. The van der Waals surface area contributed by atoms with E-state index in [1.807, 2.05) is 6.92 Å². The van der Waals surface area contributed by atoms with Crippen molar-refractivity contribution >= 4 is 7.60 Å². The summed E-state index contributed by atoms with van der Waals surface area (Å²) in [5, 5.41) is 2.95. The van der Waals surface area contributed by atoms with Gasteiger partial charge in [0, 0.05) is 6.04 Å². The molecule has 0 saturated carbocycles. The fourth-order valence-corrected chi connectivity index (χ4v) is 1.64. The van der Waals surface area contributed by atoms with E-state index in [4.69, 9.17) is 9.79 Å². The van der Waals surface area contributed by atoms with Gasteiger partial charge in [-0.15, -0.1) is 0 Å². The van der Waals surface area contributed by atoms with Gasteiger partial charge in [-0.05, 0) is 20.9 Å². The van der Waals surface area contributed by atoms with Crippen LogP contribution in [0.25, 0.3) is 0 Å². The molecule has 1 atom stereocenters. The molecule has 0 aromatic rings. The fraction of sp³-hybridized carbons (Fsp3) is 0.714. The summed E-state index contributed by atoms with van der Waals surface area (Å²) in [6.07, 6.45) is 1.65. The van der Waals surface area contributed by atoms with Crippen LogP contribution in [0.3, 0.4) is 0 Å². The molecule has 0 aromatic carbocycles. The third-order valence-corrected chi connectivity index (χ3v) is 2.36. The first-order valence-electron chi connectivity index (χ1n) is 3.74. The summed E-state index contributed by atoms with van der Waals surface area (Å²) >= 11 is 0. The van der Waals surface area contributed by atoms with E-state index < -0.39 is 7.60 Å². The molecule has 0 aliphatic rings. The molecule has 0 rings (SSSR count). The molecule has 0 fully saturated rings. The van der Waals surface area contributed by atoms with E-state index in [9.17, 15) is 4.57 Å². The Hall–Kier alpha value is -0.150. The van der Waals surface area contributed by atoms with Gasteiger partial charge in [0.25, 0.3) is 0 Å². The Labute approximate surface area is 72.8 Å². The Morgan fingerprint density at radius 3 is 2.50 bits per heavy atom. The van der Waals surface area contributed by atoms with Crippen LogP contribution in [0.15, 0.2) is 11.6 Å². The number of likely N-dealkylation sites (N-methyl/N-ethyl adjacent to an activating group) is 1. The van der Waals surface area contributed by atoms with Crippen LogP contribution < -0.4 is 5.32 Å². The average molecular weight is 193 g/mol. The second-order valence-corrected chi connectivity index (χ2v) is 4.56. The molecule has 0 spiro atoms. The highest BCUT2D eigenvalue weighted by Crippen LogP contribution is 2.36. The number of allylic oxidation sites excluding steroid dienone is 1. The molecule has 0 aliphatic carbocycles. The van der Waals surface area contributed by atoms with Crippen LogP contribution in [0.4, 0.5) is 0 Å². The van der Waals surface area contributed by atoms with Gasteiger partial charge in [0.1, 0.15) is 0 Å². The minimum atomic E-state index is -3.88. The first kappa shape index (κ1) is 11.8. The van der Waals surface area contributed by atoms with Crippen molar-refractivity contribution in [1.29, 1.82) is 0 Å². The first-order valence-corrected chi connectivity index (χ1v) is 5.54. The Morgan fingerprint density at radius 1 is 1.67 bits per heavy atom. The van der Waals surface area contributed by atoms with Crippen molar-refractivity contribution in [3.8, 4) is 0 Å². The van der Waals surface area contributed by atoms with Crippen LogP contribution in [0, 0.1) is 0 Å². The van der Waals surface area contributed by atoms with Crippen LogP contribution in [0.2, 0.25) is 0 Å². The lowest BCUT2D eigenvalue weighted by Crippen LogP contribution is -2.18. The highest BCUT2D eigenvalue weighted by molar-refractivity contribution is 7.52. The van der Waals surface area contributed by atoms with E-state index >= 15 is 0 Å². The zero-order valence-corrected chi connectivity index (χ0v) is 8.51. The Morgan fingerprint density at radius 2 is 2.17 bits per heavy atom. The summed E-state index contributed by atoms with van der Waals surface area (Å²) in [7, 11) is -2.09. The summed E-state index contributed by atoms with van der Waals surface area (Å²) in [6.45, 7) is 3.64. The van der Waals surface area contributed by atoms with Crippen molar-refractivity contribution in [2.24, 2.45) is 0 Å². The maximum Gasteiger partial charge on any atom is 0.329 e. The molecule has 0 aliphatic heterocycles. The van der Waals surface area contributed by atoms with Crippen LogP contribution in [-0.2, 0) is 4.57 Å². The largest absolute Gasteiger partial charge is 0.329 e. The van der Waals surface area contributed by atoms with Gasteiger partial charge in [-0.2, -0.15) is 0 Å². The van der Waals surface area contributed by atoms with Gasteiger partial charge >= 0.3 is 7.60 Å². The van der Waals surface area contributed by atoms with Crippen molar-refractivity contribution in [2.45, 2.75) is 19.9 Å². The number of rotatable bonds is 4. The van der Waals surface area contributed by atoms with E-state index in [1.165, 1.54) is 0 Å². The average Bonchev–Trinajstić information content (AvgIpc) is 1.82. The van der Waals surface area contributed by atoms with E-state index in [0.29, 0.717) is 5.57 Å². The summed E-state index contributed by atoms with van der Waals surface area (Å²) in [6, 6.07) is 0.150. The molecule has 5 heteroatoms. The van der Waals surface area contributed by atoms with E-state index in [2.05, 4.69) is 5.32 Å². The third kappa shape index (κ3) is 6.55. The number of nitrogens with one attached hydrogen (secondary N) is 1. The summed E-state index contributed by atoms with van der Waals surface area (Å²) in [5.74, 6) is 0. The molecule has 0 aromatic heterocycles. The highest BCUT2D eigenvalue weighted by Gasteiger charge is 2.13. The SMILES string of the molecule is CNC(C)/C=C(\C)CP(=O)(O)O. The summed E-state index contributed by atoms with van der Waals surface area (Å²) in [5.41, 5.74) is 0.713. The normalized spacial score (nSPS) is 16.2. The van der Waals surface area contributed by atoms with Crippen molar-refractivity contribution in [2.75, 3.05) is 13.2 Å². The highest BCUT2D eigenvalue weighted by atomic mass is 31.2. The standard InChI is InChI=1S/C7H16NO3P/c1-6(4-7(2)8-3)5-12(9,10)11/h4,7-8H,5H2,1-3H3,(H2,9,10,11)/b6-4+. The molecule has 0 radical (unpaired) electrons. The molecular formula is C7H16NO3P. The fourth-order valence-electron chi connectivity index (χ4n) is 0.888. The van der Waals surface area contributed by atoms with E-state index in [-0.39, 0.29) is 12.2 Å². The quantitative estimate of drug-likeness (QED) is 0.454. The molecule has 0 bridgehead atoms. The smallest absolute Gasteiger partial charge is 0.324 e. The summed E-state index contributed by atoms with van der Waals surface area (Å²) in [4.78, 5) is 17.2. The van der Waals surface area contributed by atoms with Gasteiger partial charge in [-0.25, -0.2) is 0 Å². The van der Waals surface area contributed by atoms with Crippen molar-refractivity contribution in [1.82, 2.24) is 5.32 Å². The van der Waals surface area contributed by atoms with Crippen LogP contribution in [0.1, 0.15) is 13.8 Å². The Kier molecular flexibility index (Phi) is 4.71. The van der Waals surface area contributed by atoms with Crippen LogP contribution >= 0.6 is 7.60 Å².